The number of benzene rings is 2. The molecule has 1 atom stereocenters. The normalized spacial score (nSPS) is 12.1. The minimum atomic E-state index is -1.04. The first-order chi connectivity index (χ1) is 14.9. The molecule has 0 aliphatic heterocycles. The summed E-state index contributed by atoms with van der Waals surface area (Å²) in [6, 6.07) is 16.4. The molecule has 0 aliphatic rings. The molecule has 0 amide bonds. The lowest BCUT2D eigenvalue weighted by atomic mass is 9.94. The molecule has 0 radical (unpaired) electrons. The van der Waals surface area contributed by atoms with Gasteiger partial charge in [0.1, 0.15) is 11.8 Å². The van der Waals surface area contributed by atoms with Crippen molar-refractivity contribution >= 4 is 11.6 Å². The third-order valence-electron chi connectivity index (χ3n) is 5.36. The molecule has 158 valence electrons. The van der Waals surface area contributed by atoms with Crippen LogP contribution in [-0.2, 0) is 0 Å². The molecule has 31 heavy (non-hydrogen) atoms. The molecule has 0 bridgehead atoms. The van der Waals surface area contributed by atoms with Crippen LogP contribution in [0.5, 0.6) is 5.88 Å². The van der Waals surface area contributed by atoms with Crippen LogP contribution in [0.4, 0.5) is 0 Å². The van der Waals surface area contributed by atoms with Crippen molar-refractivity contribution in [1.29, 1.82) is 0 Å². The van der Waals surface area contributed by atoms with E-state index in [4.69, 9.17) is 4.74 Å². The zero-order valence-electron chi connectivity index (χ0n) is 17.7. The molecule has 2 heterocycles. The minimum Gasteiger partial charge on any atom is -0.478 e. The van der Waals surface area contributed by atoms with Crippen LogP contribution in [0.3, 0.4) is 0 Å². The lowest BCUT2D eigenvalue weighted by molar-refractivity contribution is 0.0697. The van der Waals surface area contributed by atoms with Gasteiger partial charge in [-0.1, -0.05) is 48.5 Å². The Bertz CT molecular complexity index is 1260. The first kappa shape index (κ1) is 20.6. The smallest absolute Gasteiger partial charge is 0.336 e. The highest BCUT2D eigenvalue weighted by Crippen LogP contribution is 2.32. The number of ether oxygens (including phenoxy) is 1. The van der Waals surface area contributed by atoms with Crippen LogP contribution in [0.2, 0.25) is 0 Å². The second kappa shape index (κ2) is 8.24. The Morgan fingerprint density at radius 3 is 2.52 bits per heavy atom. The van der Waals surface area contributed by atoms with Crippen LogP contribution in [0, 0.1) is 13.8 Å². The maximum atomic E-state index is 12.0. The van der Waals surface area contributed by atoms with Gasteiger partial charge in [0, 0.05) is 0 Å². The second-order valence-electron chi connectivity index (χ2n) is 7.48. The number of carbonyl (C=O) groups is 1. The van der Waals surface area contributed by atoms with Gasteiger partial charge in [-0.05, 0) is 54.7 Å². The van der Waals surface area contributed by atoms with E-state index in [1.54, 1.807) is 24.4 Å². The Morgan fingerprint density at radius 1 is 1.10 bits per heavy atom. The van der Waals surface area contributed by atoms with Gasteiger partial charge in [-0.15, -0.1) is 0 Å². The molecule has 2 N–H and O–H groups in total. The van der Waals surface area contributed by atoms with E-state index in [-0.39, 0.29) is 5.56 Å². The summed E-state index contributed by atoms with van der Waals surface area (Å²) in [4.78, 5) is 16.5. The summed E-state index contributed by atoms with van der Waals surface area (Å²) in [6.45, 7) is 6.25. The highest BCUT2D eigenvalue weighted by Gasteiger charge is 2.22. The number of rotatable bonds is 6. The number of aryl methyl sites for hydroxylation is 2. The van der Waals surface area contributed by atoms with E-state index >= 15 is 0 Å². The Hall–Kier alpha value is -3.64. The van der Waals surface area contributed by atoms with Gasteiger partial charge in [0.05, 0.1) is 24.1 Å². The van der Waals surface area contributed by atoms with Gasteiger partial charge in [0.15, 0.2) is 0 Å². The van der Waals surface area contributed by atoms with E-state index in [1.165, 1.54) is 0 Å². The number of imidazole rings is 1. The molecule has 1 unspecified atom stereocenters. The molecular formula is C25H24N2O4. The summed E-state index contributed by atoms with van der Waals surface area (Å²) in [6.07, 6.45) is 0.725. The monoisotopic (exact) mass is 416 g/mol. The van der Waals surface area contributed by atoms with E-state index in [1.807, 2.05) is 61.6 Å². The third-order valence-corrected chi connectivity index (χ3v) is 5.36. The second-order valence-corrected chi connectivity index (χ2v) is 7.48. The molecule has 2 aromatic heterocycles. The SMILES string of the molecule is CCOc1cn2c(C(O)c3ccc(-c4ccccc4)c(C(=O)O)c3)c(C)cc(C)c2n1. The molecule has 0 saturated heterocycles. The molecule has 4 rings (SSSR count). The quantitative estimate of drug-likeness (QED) is 0.472. The number of fused-ring (bicyclic) bond motifs is 1. The van der Waals surface area contributed by atoms with Crippen LogP contribution in [0.25, 0.3) is 16.8 Å². The number of nitrogens with zero attached hydrogens (tertiary/aromatic N) is 2. The average molecular weight is 416 g/mol. The predicted octanol–water partition coefficient (Wildman–Crippen LogP) is 4.80. The summed E-state index contributed by atoms with van der Waals surface area (Å²) >= 11 is 0. The van der Waals surface area contributed by atoms with Gasteiger partial charge in [-0.3, -0.25) is 4.40 Å². The number of hydrogen-bond acceptors (Lipinski definition) is 4. The molecule has 2 aromatic carbocycles. The van der Waals surface area contributed by atoms with Crippen LogP contribution in [0.1, 0.15) is 45.8 Å². The Morgan fingerprint density at radius 2 is 1.84 bits per heavy atom. The number of pyridine rings is 1. The minimum absolute atomic E-state index is 0.143. The number of aliphatic hydroxyl groups excluding tert-OH is 1. The Balaban J connectivity index is 1.85. The van der Waals surface area contributed by atoms with Gasteiger partial charge in [-0.25, -0.2) is 4.79 Å². The zero-order chi connectivity index (χ0) is 22.1. The number of carboxylic acids is 1. The summed E-state index contributed by atoms with van der Waals surface area (Å²) in [5.74, 6) is -0.560. The Kier molecular flexibility index (Phi) is 5.48. The van der Waals surface area contributed by atoms with Crippen molar-refractivity contribution < 1.29 is 19.7 Å². The number of aromatic carboxylic acids is 1. The van der Waals surface area contributed by atoms with E-state index in [9.17, 15) is 15.0 Å². The fourth-order valence-corrected chi connectivity index (χ4v) is 3.97. The van der Waals surface area contributed by atoms with Gasteiger partial charge < -0.3 is 14.9 Å². The van der Waals surface area contributed by atoms with Crippen LogP contribution in [0.15, 0.2) is 60.8 Å². The summed E-state index contributed by atoms with van der Waals surface area (Å²) < 4.78 is 7.38. The fourth-order valence-electron chi connectivity index (χ4n) is 3.97. The summed E-state index contributed by atoms with van der Waals surface area (Å²) in [5.41, 5.74) is 5.22. The fraction of sp³-hybridized carbons (Fsp3) is 0.200. The number of hydrogen-bond donors (Lipinski definition) is 2. The third kappa shape index (κ3) is 3.78. The summed E-state index contributed by atoms with van der Waals surface area (Å²) in [5, 5.41) is 21.1. The van der Waals surface area contributed by atoms with Crippen molar-refractivity contribution in [3.8, 4) is 17.0 Å². The molecular weight excluding hydrogens is 392 g/mol. The van der Waals surface area contributed by atoms with Crippen LogP contribution >= 0.6 is 0 Å². The Labute approximate surface area is 180 Å². The lowest BCUT2D eigenvalue weighted by Gasteiger charge is -2.19. The first-order valence-corrected chi connectivity index (χ1v) is 10.1. The average Bonchev–Trinajstić information content (AvgIpc) is 3.18. The van der Waals surface area contributed by atoms with Crippen LogP contribution < -0.4 is 4.74 Å². The van der Waals surface area contributed by atoms with Gasteiger partial charge >= 0.3 is 5.97 Å². The molecule has 0 saturated carbocycles. The molecule has 0 spiro atoms. The van der Waals surface area contributed by atoms with E-state index in [2.05, 4.69) is 4.98 Å². The highest BCUT2D eigenvalue weighted by molar-refractivity contribution is 5.96. The van der Waals surface area contributed by atoms with Crippen LogP contribution in [-0.4, -0.2) is 32.2 Å². The maximum Gasteiger partial charge on any atom is 0.336 e. The molecule has 0 fully saturated rings. The highest BCUT2D eigenvalue weighted by atomic mass is 16.5. The van der Waals surface area contributed by atoms with Gasteiger partial charge in [-0.2, -0.15) is 4.98 Å². The number of aliphatic hydroxyl groups is 1. The molecule has 6 heteroatoms. The van der Waals surface area contributed by atoms with Crippen molar-refractivity contribution in [3.05, 3.63) is 88.7 Å². The van der Waals surface area contributed by atoms with Crippen molar-refractivity contribution in [2.45, 2.75) is 26.9 Å². The molecule has 0 aliphatic carbocycles. The van der Waals surface area contributed by atoms with Crippen molar-refractivity contribution in [1.82, 2.24) is 9.38 Å². The van der Waals surface area contributed by atoms with Crippen molar-refractivity contribution in [3.63, 3.8) is 0 Å². The van der Waals surface area contributed by atoms with Gasteiger partial charge in [0.2, 0.25) is 5.88 Å². The number of carboxylic acid groups (broad SMARTS) is 1. The maximum absolute atomic E-state index is 12.0. The van der Waals surface area contributed by atoms with Crippen molar-refractivity contribution in [2.75, 3.05) is 6.61 Å². The van der Waals surface area contributed by atoms with Gasteiger partial charge in [0.25, 0.3) is 0 Å². The summed E-state index contributed by atoms with van der Waals surface area (Å²) in [7, 11) is 0. The first-order valence-electron chi connectivity index (χ1n) is 10.1. The molecule has 6 nitrogen and oxygen atoms in total. The zero-order valence-corrected chi connectivity index (χ0v) is 17.7. The largest absolute Gasteiger partial charge is 0.478 e. The standard InChI is InChI=1S/C25H24N2O4/c1-4-31-21-14-27-22(15(2)12-16(3)24(27)26-21)23(28)18-10-11-19(20(13-18)25(29)30)17-8-6-5-7-9-17/h5-14,23,28H,4H2,1-3H3,(H,29,30). The van der Waals surface area contributed by atoms with Crippen molar-refractivity contribution in [2.24, 2.45) is 0 Å². The van der Waals surface area contributed by atoms with E-state index in [0.29, 0.717) is 35.0 Å². The number of aromatic nitrogens is 2. The van der Waals surface area contributed by atoms with E-state index in [0.717, 1.165) is 16.7 Å². The molecule has 4 aromatic rings. The lowest BCUT2D eigenvalue weighted by Crippen LogP contribution is -2.11. The van der Waals surface area contributed by atoms with E-state index < -0.39 is 12.1 Å². The topological polar surface area (TPSA) is 84.1 Å². The predicted molar refractivity (Wildman–Crippen MR) is 119 cm³/mol.